The number of carbonyl (C=O) groups is 1. The zero-order valence-corrected chi connectivity index (χ0v) is 19.6. The molecule has 0 saturated heterocycles. The molecule has 0 saturated carbocycles. The summed E-state index contributed by atoms with van der Waals surface area (Å²) >= 11 is 1.68. The third-order valence-electron chi connectivity index (χ3n) is 6.14. The zero-order chi connectivity index (χ0) is 22.8. The Kier molecular flexibility index (Phi) is 6.11. The van der Waals surface area contributed by atoms with Gasteiger partial charge in [-0.3, -0.25) is 9.48 Å². The number of aryl methyl sites for hydroxylation is 1. The molecule has 1 aliphatic carbocycles. The molecule has 170 valence electrons. The van der Waals surface area contributed by atoms with Crippen molar-refractivity contribution in [1.82, 2.24) is 25.0 Å². The maximum absolute atomic E-state index is 13.2. The number of furan rings is 1. The molecule has 8 heteroatoms. The molecule has 5 rings (SSSR count). The van der Waals surface area contributed by atoms with E-state index in [0.717, 1.165) is 59.1 Å². The van der Waals surface area contributed by atoms with Crippen molar-refractivity contribution in [3.8, 4) is 11.3 Å². The molecule has 0 radical (unpaired) electrons. The summed E-state index contributed by atoms with van der Waals surface area (Å²) in [6.45, 7) is 1.14. The van der Waals surface area contributed by atoms with Crippen LogP contribution in [0.1, 0.15) is 38.9 Å². The summed E-state index contributed by atoms with van der Waals surface area (Å²) in [5.74, 6) is 0.685. The van der Waals surface area contributed by atoms with Crippen LogP contribution in [0.25, 0.3) is 11.3 Å². The van der Waals surface area contributed by atoms with E-state index >= 15 is 0 Å². The van der Waals surface area contributed by atoms with E-state index in [4.69, 9.17) is 9.40 Å². The lowest BCUT2D eigenvalue weighted by Gasteiger charge is -2.24. The SMILES string of the molecule is CN(Cc1ccco1)C(=O)c1nn(C)c2c1CC(NCc1nc(-c3ccccc3)cs1)CC2. The van der Waals surface area contributed by atoms with Crippen molar-refractivity contribution >= 4 is 17.2 Å². The molecular formula is C25H27N5O2S. The number of benzene rings is 1. The van der Waals surface area contributed by atoms with Gasteiger partial charge in [0, 0.05) is 48.9 Å². The summed E-state index contributed by atoms with van der Waals surface area (Å²) in [5, 5.41) is 11.4. The summed E-state index contributed by atoms with van der Waals surface area (Å²) in [7, 11) is 3.72. The summed E-state index contributed by atoms with van der Waals surface area (Å²) in [6.07, 6.45) is 4.33. The van der Waals surface area contributed by atoms with Gasteiger partial charge < -0.3 is 14.6 Å². The van der Waals surface area contributed by atoms with Crippen LogP contribution in [0.15, 0.2) is 58.5 Å². The molecule has 0 bridgehead atoms. The van der Waals surface area contributed by atoms with Crippen LogP contribution in [0, 0.1) is 0 Å². The van der Waals surface area contributed by atoms with Crippen molar-refractivity contribution in [3.63, 3.8) is 0 Å². The molecule has 1 N–H and O–H groups in total. The van der Waals surface area contributed by atoms with Crippen molar-refractivity contribution in [3.05, 3.63) is 81.8 Å². The minimum atomic E-state index is -0.0728. The molecule has 4 aromatic rings. The average molecular weight is 462 g/mol. The lowest BCUT2D eigenvalue weighted by Crippen LogP contribution is -2.35. The highest BCUT2D eigenvalue weighted by atomic mass is 32.1. The molecule has 3 heterocycles. The molecule has 3 aromatic heterocycles. The Morgan fingerprint density at radius 2 is 2.12 bits per heavy atom. The van der Waals surface area contributed by atoms with E-state index < -0.39 is 0 Å². The molecule has 0 aliphatic heterocycles. The molecule has 1 aliphatic rings. The Labute approximate surface area is 197 Å². The summed E-state index contributed by atoms with van der Waals surface area (Å²) in [5.41, 5.74) is 4.92. The van der Waals surface area contributed by atoms with Gasteiger partial charge in [0.15, 0.2) is 5.69 Å². The van der Waals surface area contributed by atoms with Gasteiger partial charge in [0.1, 0.15) is 10.8 Å². The highest BCUT2D eigenvalue weighted by molar-refractivity contribution is 7.09. The minimum Gasteiger partial charge on any atom is -0.467 e. The summed E-state index contributed by atoms with van der Waals surface area (Å²) < 4.78 is 7.26. The van der Waals surface area contributed by atoms with Crippen molar-refractivity contribution in [2.75, 3.05) is 7.05 Å². The van der Waals surface area contributed by atoms with Gasteiger partial charge in [0.2, 0.25) is 0 Å². The van der Waals surface area contributed by atoms with Crippen LogP contribution in [0.3, 0.4) is 0 Å². The Bertz CT molecular complexity index is 1230. The molecular weight excluding hydrogens is 434 g/mol. The van der Waals surface area contributed by atoms with E-state index in [0.29, 0.717) is 12.2 Å². The first-order valence-corrected chi connectivity index (χ1v) is 12.0. The highest BCUT2D eigenvalue weighted by Crippen LogP contribution is 2.26. The van der Waals surface area contributed by atoms with Gasteiger partial charge in [-0.1, -0.05) is 30.3 Å². The number of hydrogen-bond acceptors (Lipinski definition) is 6. The second-order valence-electron chi connectivity index (χ2n) is 8.45. The van der Waals surface area contributed by atoms with E-state index in [1.807, 2.05) is 42.1 Å². The van der Waals surface area contributed by atoms with Crippen molar-refractivity contribution in [2.24, 2.45) is 7.05 Å². The first-order valence-electron chi connectivity index (χ1n) is 11.1. The van der Waals surface area contributed by atoms with E-state index in [2.05, 4.69) is 27.9 Å². The fourth-order valence-electron chi connectivity index (χ4n) is 4.39. The summed E-state index contributed by atoms with van der Waals surface area (Å²) in [4.78, 5) is 19.6. The third-order valence-corrected chi connectivity index (χ3v) is 6.99. The Hall–Kier alpha value is -3.23. The Morgan fingerprint density at radius 3 is 2.91 bits per heavy atom. The number of nitrogens with zero attached hydrogens (tertiary/aromatic N) is 4. The maximum Gasteiger partial charge on any atom is 0.274 e. The molecule has 1 aromatic carbocycles. The fourth-order valence-corrected chi connectivity index (χ4v) is 5.14. The second-order valence-corrected chi connectivity index (χ2v) is 9.39. The number of aromatic nitrogens is 3. The number of thiazole rings is 1. The molecule has 33 heavy (non-hydrogen) atoms. The largest absolute Gasteiger partial charge is 0.467 e. The van der Waals surface area contributed by atoms with Crippen LogP contribution >= 0.6 is 11.3 Å². The highest BCUT2D eigenvalue weighted by Gasteiger charge is 2.29. The van der Waals surface area contributed by atoms with Gasteiger partial charge in [0.25, 0.3) is 5.91 Å². The first-order chi connectivity index (χ1) is 16.1. The minimum absolute atomic E-state index is 0.0728. The van der Waals surface area contributed by atoms with Gasteiger partial charge >= 0.3 is 0 Å². The van der Waals surface area contributed by atoms with Gasteiger partial charge in [-0.2, -0.15) is 5.10 Å². The number of hydrogen-bond donors (Lipinski definition) is 1. The Morgan fingerprint density at radius 1 is 1.27 bits per heavy atom. The van der Waals surface area contributed by atoms with E-state index in [9.17, 15) is 4.79 Å². The molecule has 0 spiro atoms. The molecule has 0 fully saturated rings. The van der Waals surface area contributed by atoms with Gasteiger partial charge in [0.05, 0.1) is 18.5 Å². The first kappa shape index (κ1) is 21.6. The number of amides is 1. The number of rotatable bonds is 7. The third kappa shape index (κ3) is 4.62. The second kappa shape index (κ2) is 9.33. The van der Waals surface area contributed by atoms with Crippen molar-refractivity contribution < 1.29 is 9.21 Å². The summed E-state index contributed by atoms with van der Waals surface area (Å²) in [6, 6.07) is 14.2. The Balaban J connectivity index is 1.25. The predicted molar refractivity (Wildman–Crippen MR) is 128 cm³/mol. The number of carbonyl (C=O) groups excluding carboxylic acids is 1. The molecule has 1 atom stereocenters. The normalized spacial score (nSPS) is 15.4. The fraction of sp³-hybridized carbons (Fsp3) is 0.320. The zero-order valence-electron chi connectivity index (χ0n) is 18.8. The van der Waals surface area contributed by atoms with Crippen LogP contribution in [-0.2, 0) is 33.0 Å². The molecule has 1 unspecified atom stereocenters. The van der Waals surface area contributed by atoms with Gasteiger partial charge in [-0.25, -0.2) is 4.98 Å². The van der Waals surface area contributed by atoms with Gasteiger partial charge in [-0.05, 0) is 31.4 Å². The monoisotopic (exact) mass is 461 g/mol. The standard InChI is InChI=1S/C25H27N5O2S/c1-29(15-19-9-6-12-32-19)25(31)24-20-13-18(10-11-22(20)30(2)28-24)26-14-23-27-21(16-33-23)17-7-4-3-5-8-17/h3-9,12,16,18,26H,10-11,13-15H2,1-2H3. The van der Waals surface area contributed by atoms with Crippen molar-refractivity contribution in [1.29, 1.82) is 0 Å². The van der Waals surface area contributed by atoms with Gasteiger partial charge in [-0.15, -0.1) is 11.3 Å². The average Bonchev–Trinajstić information content (AvgIpc) is 3.59. The molecule has 7 nitrogen and oxygen atoms in total. The molecule has 1 amide bonds. The van der Waals surface area contributed by atoms with Crippen LogP contribution in [0.5, 0.6) is 0 Å². The topological polar surface area (TPSA) is 76.2 Å². The number of fused-ring (bicyclic) bond motifs is 1. The van der Waals surface area contributed by atoms with Crippen LogP contribution in [0.2, 0.25) is 0 Å². The van der Waals surface area contributed by atoms with E-state index in [1.165, 1.54) is 0 Å². The quantitative estimate of drug-likeness (QED) is 0.449. The van der Waals surface area contributed by atoms with Crippen LogP contribution in [0.4, 0.5) is 0 Å². The predicted octanol–water partition coefficient (Wildman–Crippen LogP) is 4.06. The smallest absolute Gasteiger partial charge is 0.274 e. The van der Waals surface area contributed by atoms with Crippen molar-refractivity contribution in [2.45, 2.75) is 38.4 Å². The van der Waals surface area contributed by atoms with Crippen LogP contribution in [-0.4, -0.2) is 38.7 Å². The van der Waals surface area contributed by atoms with E-state index in [1.54, 1.807) is 29.5 Å². The maximum atomic E-state index is 13.2. The lowest BCUT2D eigenvalue weighted by atomic mass is 9.91. The lowest BCUT2D eigenvalue weighted by molar-refractivity contribution is 0.0767. The number of nitrogens with one attached hydrogen (secondary N) is 1. The van der Waals surface area contributed by atoms with E-state index in [-0.39, 0.29) is 11.9 Å². The van der Waals surface area contributed by atoms with Crippen LogP contribution < -0.4 is 5.32 Å².